The van der Waals surface area contributed by atoms with Crippen LogP contribution in [0.3, 0.4) is 0 Å². The van der Waals surface area contributed by atoms with Gasteiger partial charge in [-0.05, 0) is 42.4 Å². The molecular weight excluding hydrogens is 394 g/mol. The average molecular weight is 426 g/mol. The molecular formula is C21H32ClN3O4. The van der Waals surface area contributed by atoms with Crippen LogP contribution in [0.4, 0.5) is 4.79 Å². The summed E-state index contributed by atoms with van der Waals surface area (Å²) < 4.78 is 0. The summed E-state index contributed by atoms with van der Waals surface area (Å²) in [6, 6.07) is 5.85. The second kappa shape index (κ2) is 8.90. The first-order valence-electron chi connectivity index (χ1n) is 9.82. The third kappa shape index (κ3) is 4.85. The van der Waals surface area contributed by atoms with Crippen molar-refractivity contribution in [2.45, 2.75) is 57.7 Å². The maximum Gasteiger partial charge on any atom is 0.407 e. The standard InChI is InChI=1S/C21H32ClN3O4/c1-20(2,3)18-21(10-5-11-25(18)19(28)29,24(4)17(27)16(23)13-26)12-14-6-8-15(22)9-7-14/h6-9,16,18,26H,5,10-13,23H2,1-4H3,(H,28,29). The van der Waals surface area contributed by atoms with E-state index in [2.05, 4.69) is 0 Å². The van der Waals surface area contributed by atoms with Crippen molar-refractivity contribution in [2.75, 3.05) is 20.2 Å². The van der Waals surface area contributed by atoms with Crippen LogP contribution in [-0.4, -0.2) is 69.8 Å². The lowest BCUT2D eigenvalue weighted by Gasteiger charge is -2.58. The largest absolute Gasteiger partial charge is 0.465 e. The highest BCUT2D eigenvalue weighted by Crippen LogP contribution is 2.44. The number of benzene rings is 1. The van der Waals surface area contributed by atoms with Crippen LogP contribution in [0.15, 0.2) is 24.3 Å². The fraction of sp³-hybridized carbons (Fsp3) is 0.619. The van der Waals surface area contributed by atoms with E-state index < -0.39 is 41.6 Å². The number of likely N-dealkylation sites (tertiary alicyclic amines) is 1. The molecule has 0 radical (unpaired) electrons. The second-order valence-corrected chi connectivity index (χ2v) is 9.38. The molecule has 1 heterocycles. The first kappa shape index (κ1) is 23.4. The molecule has 2 rings (SSSR count). The molecule has 0 bridgehead atoms. The predicted molar refractivity (Wildman–Crippen MR) is 113 cm³/mol. The minimum absolute atomic E-state index is 0.400. The maximum absolute atomic E-state index is 13.0. The van der Waals surface area contributed by atoms with Crippen molar-refractivity contribution in [1.29, 1.82) is 0 Å². The van der Waals surface area contributed by atoms with E-state index in [9.17, 15) is 19.8 Å². The van der Waals surface area contributed by atoms with Gasteiger partial charge in [-0.2, -0.15) is 0 Å². The van der Waals surface area contributed by atoms with E-state index in [0.29, 0.717) is 30.8 Å². The summed E-state index contributed by atoms with van der Waals surface area (Å²) in [4.78, 5) is 28.2. The molecule has 1 aromatic carbocycles. The third-order valence-corrected chi connectivity index (χ3v) is 6.08. The van der Waals surface area contributed by atoms with Gasteiger partial charge in [0.1, 0.15) is 6.04 Å². The Kier molecular flexibility index (Phi) is 7.19. The van der Waals surface area contributed by atoms with Crippen LogP contribution in [-0.2, 0) is 11.2 Å². The van der Waals surface area contributed by atoms with Crippen molar-refractivity contribution < 1.29 is 19.8 Å². The highest BCUT2D eigenvalue weighted by Gasteiger charge is 2.55. The molecule has 0 aromatic heterocycles. The van der Waals surface area contributed by atoms with Gasteiger partial charge in [-0.15, -0.1) is 0 Å². The Hall–Kier alpha value is -1.83. The number of nitrogens with two attached hydrogens (primary N) is 1. The van der Waals surface area contributed by atoms with Crippen LogP contribution in [0.2, 0.25) is 5.02 Å². The summed E-state index contributed by atoms with van der Waals surface area (Å²) in [7, 11) is 1.66. The van der Waals surface area contributed by atoms with Crippen molar-refractivity contribution in [3.63, 3.8) is 0 Å². The zero-order valence-corrected chi connectivity index (χ0v) is 18.3. The van der Waals surface area contributed by atoms with E-state index in [-0.39, 0.29) is 0 Å². The molecule has 0 spiro atoms. The number of hydrogen-bond acceptors (Lipinski definition) is 4. The molecule has 1 aliphatic rings. The number of likely N-dealkylation sites (N-methyl/N-ethyl adjacent to an activating group) is 1. The normalized spacial score (nSPS) is 23.6. The summed E-state index contributed by atoms with van der Waals surface area (Å²) in [5, 5.41) is 20.0. The van der Waals surface area contributed by atoms with Gasteiger partial charge in [0.15, 0.2) is 0 Å². The van der Waals surface area contributed by atoms with Crippen molar-refractivity contribution in [1.82, 2.24) is 9.80 Å². The molecule has 1 fully saturated rings. The molecule has 4 N–H and O–H groups in total. The SMILES string of the molecule is CN(C(=O)C(N)CO)C1(Cc2ccc(Cl)cc2)CCCN(C(=O)O)C1C(C)(C)C. The zero-order valence-electron chi connectivity index (χ0n) is 17.6. The number of carboxylic acid groups (broad SMARTS) is 1. The van der Waals surface area contributed by atoms with Crippen LogP contribution >= 0.6 is 11.6 Å². The van der Waals surface area contributed by atoms with Crippen LogP contribution < -0.4 is 5.73 Å². The van der Waals surface area contributed by atoms with Crippen LogP contribution in [0.25, 0.3) is 0 Å². The smallest absolute Gasteiger partial charge is 0.407 e. The molecule has 0 saturated carbocycles. The Balaban J connectivity index is 2.63. The minimum atomic E-state index is -1.05. The van der Waals surface area contributed by atoms with Gasteiger partial charge in [0, 0.05) is 18.6 Å². The van der Waals surface area contributed by atoms with E-state index in [1.165, 1.54) is 4.90 Å². The van der Waals surface area contributed by atoms with E-state index >= 15 is 0 Å². The molecule has 2 amide bonds. The molecule has 3 unspecified atom stereocenters. The van der Waals surface area contributed by atoms with Crippen molar-refractivity contribution in [3.05, 3.63) is 34.9 Å². The van der Waals surface area contributed by atoms with E-state index in [1.807, 2.05) is 32.9 Å². The topological polar surface area (TPSA) is 107 Å². The quantitative estimate of drug-likeness (QED) is 0.672. The predicted octanol–water partition coefficient (Wildman–Crippen LogP) is 2.59. The molecule has 29 heavy (non-hydrogen) atoms. The lowest BCUT2D eigenvalue weighted by Crippen LogP contribution is -2.72. The Bertz CT molecular complexity index is 734. The number of aliphatic hydroxyl groups is 1. The first-order valence-corrected chi connectivity index (χ1v) is 10.2. The zero-order chi connectivity index (χ0) is 22.0. The Morgan fingerprint density at radius 1 is 1.34 bits per heavy atom. The summed E-state index contributed by atoms with van der Waals surface area (Å²) in [5.74, 6) is -0.400. The highest BCUT2D eigenvalue weighted by molar-refractivity contribution is 6.30. The summed E-state index contributed by atoms with van der Waals surface area (Å²) in [6.07, 6.45) is 0.702. The maximum atomic E-state index is 13.0. The van der Waals surface area contributed by atoms with Gasteiger partial charge in [0.2, 0.25) is 5.91 Å². The number of halogens is 1. The highest BCUT2D eigenvalue weighted by atomic mass is 35.5. The lowest BCUT2D eigenvalue weighted by atomic mass is 9.65. The van der Waals surface area contributed by atoms with Gasteiger partial charge in [0.05, 0.1) is 18.2 Å². The van der Waals surface area contributed by atoms with E-state index in [1.54, 1.807) is 24.1 Å². The molecule has 1 aliphatic heterocycles. The number of piperidine rings is 1. The number of aliphatic hydroxyl groups excluding tert-OH is 1. The summed E-state index contributed by atoms with van der Waals surface area (Å²) in [5.41, 5.74) is 5.55. The van der Waals surface area contributed by atoms with E-state index in [0.717, 1.165) is 5.56 Å². The van der Waals surface area contributed by atoms with Crippen molar-refractivity contribution in [2.24, 2.45) is 11.1 Å². The number of rotatable bonds is 5. The van der Waals surface area contributed by atoms with Gasteiger partial charge in [-0.3, -0.25) is 4.79 Å². The number of carbonyl (C=O) groups is 2. The fourth-order valence-corrected chi connectivity index (χ4v) is 4.87. The first-order chi connectivity index (χ1) is 13.4. The fourth-order valence-electron chi connectivity index (χ4n) is 4.75. The van der Waals surface area contributed by atoms with Crippen LogP contribution in [0, 0.1) is 5.41 Å². The Labute approximate surface area is 177 Å². The Morgan fingerprint density at radius 2 is 1.93 bits per heavy atom. The Morgan fingerprint density at radius 3 is 2.41 bits per heavy atom. The van der Waals surface area contributed by atoms with Crippen molar-refractivity contribution in [3.8, 4) is 0 Å². The molecule has 1 aromatic rings. The third-order valence-electron chi connectivity index (χ3n) is 5.83. The van der Waals surface area contributed by atoms with Gasteiger partial charge in [-0.25, -0.2) is 4.79 Å². The molecule has 7 nitrogen and oxygen atoms in total. The number of nitrogens with zero attached hydrogens (tertiary/aromatic N) is 2. The van der Waals surface area contributed by atoms with Crippen LogP contribution in [0.1, 0.15) is 39.2 Å². The summed E-state index contributed by atoms with van der Waals surface area (Å²) >= 11 is 6.03. The van der Waals surface area contributed by atoms with E-state index in [4.69, 9.17) is 17.3 Å². The van der Waals surface area contributed by atoms with Gasteiger partial charge >= 0.3 is 6.09 Å². The summed E-state index contributed by atoms with van der Waals surface area (Å²) in [6.45, 7) is 5.90. The van der Waals surface area contributed by atoms with Gasteiger partial charge in [0.25, 0.3) is 0 Å². The average Bonchev–Trinajstić information content (AvgIpc) is 2.66. The second-order valence-electron chi connectivity index (χ2n) is 8.94. The van der Waals surface area contributed by atoms with Crippen molar-refractivity contribution >= 4 is 23.6 Å². The number of amides is 2. The lowest BCUT2D eigenvalue weighted by molar-refractivity contribution is -0.147. The monoisotopic (exact) mass is 425 g/mol. The number of hydrogen-bond donors (Lipinski definition) is 3. The molecule has 8 heteroatoms. The minimum Gasteiger partial charge on any atom is -0.465 e. The molecule has 1 saturated heterocycles. The van der Waals surface area contributed by atoms with Crippen LogP contribution in [0.5, 0.6) is 0 Å². The van der Waals surface area contributed by atoms with Gasteiger partial charge in [-0.1, -0.05) is 44.5 Å². The molecule has 0 aliphatic carbocycles. The van der Waals surface area contributed by atoms with Gasteiger partial charge < -0.3 is 25.7 Å². The number of carbonyl (C=O) groups excluding carboxylic acids is 1. The molecule has 3 atom stereocenters. The molecule has 162 valence electrons.